The van der Waals surface area contributed by atoms with Crippen LogP contribution in [0.15, 0.2) is 34.9 Å². The van der Waals surface area contributed by atoms with Crippen molar-refractivity contribution in [3.63, 3.8) is 0 Å². The number of hydrogen-bond acceptors (Lipinski definition) is 5. The van der Waals surface area contributed by atoms with E-state index in [2.05, 4.69) is 15.0 Å². The van der Waals surface area contributed by atoms with Crippen LogP contribution in [-0.4, -0.2) is 72.6 Å². The minimum atomic E-state index is -0.155. The highest BCUT2D eigenvalue weighted by atomic mass is 19.1. The predicted molar refractivity (Wildman–Crippen MR) is 110 cm³/mol. The third kappa shape index (κ3) is 6.11. The van der Waals surface area contributed by atoms with Gasteiger partial charge in [-0.2, -0.15) is 0 Å². The zero-order valence-electron chi connectivity index (χ0n) is 17.6. The van der Waals surface area contributed by atoms with Crippen molar-refractivity contribution in [3.8, 4) is 0 Å². The van der Waals surface area contributed by atoms with Crippen molar-refractivity contribution in [2.45, 2.75) is 26.3 Å². The Morgan fingerprint density at radius 1 is 1.31 bits per heavy atom. The van der Waals surface area contributed by atoms with Crippen molar-refractivity contribution in [2.75, 3.05) is 46.8 Å². The number of carbonyl (C=O) groups is 1. The number of piperidine rings is 1. The number of rotatable bonds is 8. The van der Waals surface area contributed by atoms with Crippen molar-refractivity contribution in [3.05, 3.63) is 53.2 Å². The van der Waals surface area contributed by atoms with Gasteiger partial charge in [0.15, 0.2) is 0 Å². The van der Waals surface area contributed by atoms with Crippen molar-refractivity contribution in [1.82, 2.24) is 19.9 Å². The van der Waals surface area contributed by atoms with Crippen LogP contribution in [0.2, 0.25) is 0 Å². The summed E-state index contributed by atoms with van der Waals surface area (Å²) < 4.78 is 19.2. The summed E-state index contributed by atoms with van der Waals surface area (Å²) in [5.74, 6) is 0.378. The van der Waals surface area contributed by atoms with E-state index in [1.807, 2.05) is 38.1 Å². The van der Waals surface area contributed by atoms with E-state index in [4.69, 9.17) is 4.52 Å². The lowest BCUT2D eigenvalue weighted by Gasteiger charge is -2.36. The first kappa shape index (κ1) is 21.5. The molecule has 1 aliphatic rings. The summed E-state index contributed by atoms with van der Waals surface area (Å²) in [6, 6.07) is 8.64. The molecule has 0 N–H and O–H groups in total. The molecule has 1 aromatic heterocycles. The highest BCUT2D eigenvalue weighted by molar-refractivity contribution is 5.91. The SMILES string of the molecule is Cc1cc(C(=O)N(CCN(C)C)C[C@@H]2CCCN(Cc3ccccc3F)C2)on1. The van der Waals surface area contributed by atoms with Crippen molar-refractivity contribution in [2.24, 2.45) is 5.92 Å². The zero-order valence-corrected chi connectivity index (χ0v) is 17.6. The normalized spacial score (nSPS) is 17.6. The maximum Gasteiger partial charge on any atom is 0.292 e. The fourth-order valence-corrected chi connectivity index (χ4v) is 3.84. The van der Waals surface area contributed by atoms with Crippen LogP contribution in [0.3, 0.4) is 0 Å². The van der Waals surface area contributed by atoms with Gasteiger partial charge in [0.05, 0.1) is 5.69 Å². The summed E-state index contributed by atoms with van der Waals surface area (Å²) in [6.07, 6.45) is 2.12. The third-order valence-electron chi connectivity index (χ3n) is 5.38. The maximum absolute atomic E-state index is 14.0. The van der Waals surface area contributed by atoms with Gasteiger partial charge in [-0.15, -0.1) is 0 Å². The number of hydrogen-bond donors (Lipinski definition) is 0. The lowest BCUT2D eigenvalue weighted by molar-refractivity contribution is 0.0621. The molecule has 1 aromatic carbocycles. The van der Waals surface area contributed by atoms with Gasteiger partial charge in [0.2, 0.25) is 5.76 Å². The molecule has 0 radical (unpaired) electrons. The molecule has 6 nitrogen and oxygen atoms in total. The molecule has 1 atom stereocenters. The summed E-state index contributed by atoms with van der Waals surface area (Å²) >= 11 is 0. The van der Waals surface area contributed by atoms with Gasteiger partial charge in [0.1, 0.15) is 5.82 Å². The molecule has 158 valence electrons. The maximum atomic E-state index is 14.0. The standard InChI is InChI=1S/C22H31FN4O2/c1-17-13-21(29-24-17)22(28)27(12-11-25(2)3)15-18-7-6-10-26(14-18)16-19-8-4-5-9-20(19)23/h4-5,8-9,13,18H,6-7,10-12,14-16H2,1-3H3/t18-/m1/s1. The number of amides is 1. The van der Waals surface area contributed by atoms with E-state index in [-0.39, 0.29) is 11.7 Å². The van der Waals surface area contributed by atoms with Crippen molar-refractivity contribution < 1.29 is 13.7 Å². The number of halogens is 1. The monoisotopic (exact) mass is 402 g/mol. The molecule has 0 spiro atoms. The summed E-state index contributed by atoms with van der Waals surface area (Å²) in [4.78, 5) is 19.2. The third-order valence-corrected chi connectivity index (χ3v) is 5.38. The average molecular weight is 403 g/mol. The molecule has 29 heavy (non-hydrogen) atoms. The number of nitrogens with zero attached hydrogens (tertiary/aromatic N) is 4. The molecule has 2 heterocycles. The molecular formula is C22H31FN4O2. The van der Waals surface area contributed by atoms with E-state index in [1.54, 1.807) is 12.1 Å². The number of likely N-dealkylation sites (N-methyl/N-ethyl adjacent to an activating group) is 1. The van der Waals surface area contributed by atoms with E-state index in [1.165, 1.54) is 6.07 Å². The van der Waals surface area contributed by atoms with E-state index >= 15 is 0 Å². The van der Waals surface area contributed by atoms with Crippen LogP contribution in [0.5, 0.6) is 0 Å². The fourth-order valence-electron chi connectivity index (χ4n) is 3.84. The first-order valence-electron chi connectivity index (χ1n) is 10.3. The van der Waals surface area contributed by atoms with Crippen LogP contribution in [0.4, 0.5) is 4.39 Å². The van der Waals surface area contributed by atoms with E-state index in [0.717, 1.165) is 38.0 Å². The Labute approximate surface area is 172 Å². The molecule has 1 amide bonds. The largest absolute Gasteiger partial charge is 0.351 e. The molecule has 0 unspecified atom stereocenters. The smallest absolute Gasteiger partial charge is 0.292 e. The Bertz CT molecular complexity index is 808. The lowest BCUT2D eigenvalue weighted by Crippen LogP contribution is -2.44. The Morgan fingerprint density at radius 2 is 2.10 bits per heavy atom. The fraction of sp³-hybridized carbons (Fsp3) is 0.545. The molecule has 1 fully saturated rings. The van der Waals surface area contributed by atoms with E-state index in [9.17, 15) is 9.18 Å². The predicted octanol–water partition coefficient (Wildman–Crippen LogP) is 3.04. The second-order valence-electron chi connectivity index (χ2n) is 8.22. The lowest BCUT2D eigenvalue weighted by atomic mass is 9.96. The number of likely N-dealkylation sites (tertiary alicyclic amines) is 1. The Morgan fingerprint density at radius 3 is 2.79 bits per heavy atom. The second kappa shape index (κ2) is 9.98. The van der Waals surface area contributed by atoms with Gasteiger partial charge in [-0.1, -0.05) is 23.4 Å². The molecule has 7 heteroatoms. The highest BCUT2D eigenvalue weighted by Gasteiger charge is 2.27. The van der Waals surface area contributed by atoms with Crippen molar-refractivity contribution in [1.29, 1.82) is 0 Å². The first-order valence-corrected chi connectivity index (χ1v) is 10.3. The molecule has 0 saturated carbocycles. The first-order chi connectivity index (χ1) is 13.9. The average Bonchev–Trinajstić information content (AvgIpc) is 3.13. The molecule has 1 saturated heterocycles. The van der Waals surface area contributed by atoms with Crippen LogP contribution < -0.4 is 0 Å². The molecule has 1 aliphatic heterocycles. The van der Waals surface area contributed by atoms with Crippen molar-refractivity contribution >= 4 is 5.91 Å². The number of carbonyl (C=O) groups excluding carboxylic acids is 1. The van der Waals surface area contributed by atoms with Crippen LogP contribution in [0.25, 0.3) is 0 Å². The summed E-state index contributed by atoms with van der Waals surface area (Å²) in [6.45, 7) is 6.32. The van der Waals surface area contributed by atoms with Crippen LogP contribution in [0, 0.1) is 18.7 Å². The van der Waals surface area contributed by atoms with Crippen LogP contribution >= 0.6 is 0 Å². The van der Waals surface area contributed by atoms with Gasteiger partial charge in [-0.3, -0.25) is 9.69 Å². The minimum Gasteiger partial charge on any atom is -0.351 e. The summed E-state index contributed by atoms with van der Waals surface area (Å²) in [5, 5.41) is 3.85. The van der Waals surface area contributed by atoms with Crippen LogP contribution in [-0.2, 0) is 6.54 Å². The van der Waals surface area contributed by atoms with E-state index < -0.39 is 0 Å². The van der Waals surface area contributed by atoms with Gasteiger partial charge in [0.25, 0.3) is 5.91 Å². The minimum absolute atomic E-state index is 0.112. The number of aryl methyl sites for hydroxylation is 1. The molecule has 0 bridgehead atoms. The quantitative estimate of drug-likeness (QED) is 0.679. The Balaban J connectivity index is 1.64. The van der Waals surface area contributed by atoms with Gasteiger partial charge < -0.3 is 14.3 Å². The van der Waals surface area contributed by atoms with E-state index in [0.29, 0.717) is 37.0 Å². The number of aromatic nitrogens is 1. The molecular weight excluding hydrogens is 371 g/mol. The van der Waals surface area contributed by atoms with Gasteiger partial charge in [-0.25, -0.2) is 4.39 Å². The van der Waals surface area contributed by atoms with Gasteiger partial charge in [0, 0.05) is 44.4 Å². The van der Waals surface area contributed by atoms with Gasteiger partial charge in [-0.05, 0) is 52.4 Å². The second-order valence-corrected chi connectivity index (χ2v) is 8.22. The summed E-state index contributed by atoms with van der Waals surface area (Å²) in [5.41, 5.74) is 1.43. The Kier molecular flexibility index (Phi) is 7.39. The zero-order chi connectivity index (χ0) is 20.8. The van der Waals surface area contributed by atoms with Gasteiger partial charge >= 0.3 is 0 Å². The highest BCUT2D eigenvalue weighted by Crippen LogP contribution is 2.21. The Hall–Kier alpha value is -2.25. The summed E-state index contributed by atoms with van der Waals surface area (Å²) in [7, 11) is 4.00. The van der Waals surface area contributed by atoms with Crippen LogP contribution in [0.1, 0.15) is 34.7 Å². The number of benzene rings is 1. The molecule has 3 rings (SSSR count). The molecule has 2 aromatic rings. The molecule has 0 aliphatic carbocycles. The topological polar surface area (TPSA) is 52.8 Å².